The van der Waals surface area contributed by atoms with E-state index in [1.807, 2.05) is 0 Å². The molecule has 27 heavy (non-hydrogen) atoms. The zero-order valence-corrected chi connectivity index (χ0v) is 15.2. The number of amides is 1. The number of aromatic nitrogens is 4. The van der Waals surface area contributed by atoms with Gasteiger partial charge < -0.3 is 19.8 Å². The molecule has 1 aliphatic heterocycles. The topological polar surface area (TPSA) is 167 Å². The summed E-state index contributed by atoms with van der Waals surface area (Å²) in [5.74, 6) is -0.779. The SMILES string of the molecule is CC(=O)CCC(=O)O.Cn1cnc2[nH]c(=O)[nH]c(=O)c21.O=C1CCCCN1. The molecule has 0 spiro atoms. The minimum absolute atomic E-state index is 0.0463. The maximum Gasteiger partial charge on any atom is 0.327 e. The number of fused-ring (bicyclic) bond motifs is 1. The summed E-state index contributed by atoms with van der Waals surface area (Å²) in [6.45, 7) is 2.27. The summed E-state index contributed by atoms with van der Waals surface area (Å²) in [4.78, 5) is 60.4. The Labute approximate surface area is 153 Å². The second-order valence-corrected chi connectivity index (χ2v) is 5.86. The highest BCUT2D eigenvalue weighted by atomic mass is 16.4. The van der Waals surface area contributed by atoms with Crippen LogP contribution in [0, 0.1) is 0 Å². The van der Waals surface area contributed by atoms with Gasteiger partial charge in [0.15, 0.2) is 11.2 Å². The van der Waals surface area contributed by atoms with Crippen molar-refractivity contribution >= 4 is 28.8 Å². The lowest BCUT2D eigenvalue weighted by Gasteiger charge is -2.08. The third kappa shape index (κ3) is 8.12. The van der Waals surface area contributed by atoms with Crippen molar-refractivity contribution in [1.29, 1.82) is 0 Å². The Bertz CT molecular complexity index is 888. The molecule has 0 aromatic carbocycles. The van der Waals surface area contributed by atoms with Gasteiger partial charge in [0.25, 0.3) is 5.56 Å². The molecular weight excluding hydrogens is 358 g/mol. The van der Waals surface area contributed by atoms with E-state index in [1.165, 1.54) is 13.3 Å². The molecular formula is C16H23N5O6. The van der Waals surface area contributed by atoms with Crippen LogP contribution in [0.25, 0.3) is 11.2 Å². The van der Waals surface area contributed by atoms with E-state index >= 15 is 0 Å². The number of piperidine rings is 1. The van der Waals surface area contributed by atoms with Crippen LogP contribution < -0.4 is 16.6 Å². The third-order valence-corrected chi connectivity index (χ3v) is 3.45. The van der Waals surface area contributed by atoms with Gasteiger partial charge in [-0.2, -0.15) is 0 Å². The molecule has 3 heterocycles. The summed E-state index contributed by atoms with van der Waals surface area (Å²) in [5.41, 5.74) is -0.277. The highest BCUT2D eigenvalue weighted by molar-refractivity contribution is 5.80. The Balaban J connectivity index is 0.000000214. The number of aromatic amines is 2. The number of aliphatic carboxylic acids is 1. The number of hydrogen-bond donors (Lipinski definition) is 4. The molecule has 4 N–H and O–H groups in total. The number of carbonyl (C=O) groups excluding carboxylic acids is 2. The van der Waals surface area contributed by atoms with E-state index in [9.17, 15) is 24.0 Å². The smallest absolute Gasteiger partial charge is 0.327 e. The molecule has 11 heteroatoms. The lowest BCUT2D eigenvalue weighted by atomic mass is 10.2. The molecule has 11 nitrogen and oxygen atoms in total. The quantitative estimate of drug-likeness (QED) is 0.565. The Morgan fingerprint density at radius 3 is 2.33 bits per heavy atom. The largest absolute Gasteiger partial charge is 0.481 e. The lowest BCUT2D eigenvalue weighted by Crippen LogP contribution is -2.28. The minimum Gasteiger partial charge on any atom is -0.481 e. The zero-order valence-electron chi connectivity index (χ0n) is 15.2. The fourth-order valence-corrected chi connectivity index (χ4v) is 2.10. The van der Waals surface area contributed by atoms with Crippen molar-refractivity contribution in [3.8, 4) is 0 Å². The van der Waals surface area contributed by atoms with Crippen molar-refractivity contribution in [2.75, 3.05) is 6.54 Å². The van der Waals surface area contributed by atoms with Crippen molar-refractivity contribution in [2.24, 2.45) is 7.05 Å². The van der Waals surface area contributed by atoms with E-state index in [0.717, 1.165) is 25.8 Å². The van der Waals surface area contributed by atoms with E-state index in [-0.39, 0.29) is 24.5 Å². The van der Waals surface area contributed by atoms with Crippen LogP contribution in [-0.2, 0) is 21.4 Å². The molecule has 0 aliphatic carbocycles. The molecule has 0 unspecified atom stereocenters. The number of nitrogens with one attached hydrogen (secondary N) is 3. The van der Waals surface area contributed by atoms with Gasteiger partial charge in [0.05, 0.1) is 12.7 Å². The summed E-state index contributed by atoms with van der Waals surface area (Å²) in [6, 6.07) is 0. The average Bonchev–Trinajstić information content (AvgIpc) is 2.96. The maximum atomic E-state index is 11.1. The first-order valence-electron chi connectivity index (χ1n) is 8.32. The number of carbonyl (C=O) groups is 3. The first kappa shape index (κ1) is 21.8. The monoisotopic (exact) mass is 381 g/mol. The number of aryl methyl sites for hydroxylation is 1. The highest BCUT2D eigenvalue weighted by Crippen LogP contribution is 1.98. The van der Waals surface area contributed by atoms with E-state index < -0.39 is 17.2 Å². The zero-order chi connectivity index (χ0) is 20.4. The number of rotatable bonds is 3. The molecule has 0 radical (unpaired) electrons. The first-order valence-corrected chi connectivity index (χ1v) is 8.32. The van der Waals surface area contributed by atoms with Crippen molar-refractivity contribution < 1.29 is 19.5 Å². The first-order chi connectivity index (χ1) is 12.7. The standard InChI is InChI=1S/C6H6N4O2.C5H9NO.C5H8O3/c1-10-2-7-4-3(10)5(11)9-6(12)8-4;7-5-3-1-2-4-6-5;1-4(6)2-3-5(7)8/h2H,1H3,(H2,8,9,11,12);1-4H2,(H,6,7);2-3H2,1H3,(H,7,8). The van der Waals surface area contributed by atoms with Crippen LogP contribution in [0.3, 0.4) is 0 Å². The summed E-state index contributed by atoms with van der Waals surface area (Å²) >= 11 is 0. The van der Waals surface area contributed by atoms with E-state index in [0.29, 0.717) is 11.2 Å². The van der Waals surface area contributed by atoms with Crippen molar-refractivity contribution in [3.63, 3.8) is 0 Å². The Hall–Kier alpha value is -3.24. The van der Waals surface area contributed by atoms with Crippen molar-refractivity contribution in [1.82, 2.24) is 24.8 Å². The number of H-pyrrole nitrogens is 2. The lowest BCUT2D eigenvalue weighted by molar-refractivity contribution is -0.138. The maximum absolute atomic E-state index is 11.1. The molecule has 1 amide bonds. The predicted octanol–water partition coefficient (Wildman–Crippen LogP) is -0.323. The molecule has 1 saturated heterocycles. The molecule has 0 saturated carbocycles. The molecule has 1 aliphatic rings. The van der Waals surface area contributed by atoms with Crippen molar-refractivity contribution in [2.45, 2.75) is 39.0 Å². The van der Waals surface area contributed by atoms with Gasteiger partial charge in [0.1, 0.15) is 5.78 Å². The van der Waals surface area contributed by atoms with Gasteiger partial charge in [-0.3, -0.25) is 24.4 Å². The Kier molecular flexibility index (Phi) is 8.63. The van der Waals surface area contributed by atoms with E-state index in [4.69, 9.17) is 5.11 Å². The Morgan fingerprint density at radius 1 is 1.19 bits per heavy atom. The van der Waals surface area contributed by atoms with Crippen LogP contribution in [0.4, 0.5) is 0 Å². The van der Waals surface area contributed by atoms with Gasteiger partial charge in [0, 0.05) is 26.4 Å². The summed E-state index contributed by atoms with van der Waals surface area (Å²) in [7, 11) is 1.68. The van der Waals surface area contributed by atoms with Crippen LogP contribution in [0.1, 0.15) is 39.0 Å². The van der Waals surface area contributed by atoms with Gasteiger partial charge >= 0.3 is 11.7 Å². The molecule has 148 valence electrons. The minimum atomic E-state index is -0.916. The molecule has 0 bridgehead atoms. The number of hydrogen-bond acceptors (Lipinski definition) is 6. The molecule has 1 fully saturated rings. The van der Waals surface area contributed by atoms with Crippen LogP contribution in [0.2, 0.25) is 0 Å². The van der Waals surface area contributed by atoms with Crippen LogP contribution in [0.15, 0.2) is 15.9 Å². The number of imidazole rings is 1. The molecule has 0 atom stereocenters. The number of nitrogens with zero attached hydrogens (tertiary/aromatic N) is 2. The average molecular weight is 381 g/mol. The number of Topliss-reactive ketones (excluding diaryl/α,β-unsaturated/α-hetero) is 1. The van der Waals surface area contributed by atoms with Crippen LogP contribution in [-0.4, -0.2) is 48.8 Å². The van der Waals surface area contributed by atoms with Gasteiger partial charge in [-0.15, -0.1) is 0 Å². The highest BCUT2D eigenvalue weighted by Gasteiger charge is 2.05. The number of carboxylic acid groups (broad SMARTS) is 1. The van der Waals surface area contributed by atoms with E-state index in [1.54, 1.807) is 11.6 Å². The van der Waals surface area contributed by atoms with Crippen LogP contribution >= 0.6 is 0 Å². The summed E-state index contributed by atoms with van der Waals surface area (Å²) in [6.07, 6.45) is 4.54. The van der Waals surface area contributed by atoms with Crippen LogP contribution in [0.5, 0.6) is 0 Å². The van der Waals surface area contributed by atoms with Gasteiger partial charge in [-0.1, -0.05) is 0 Å². The Morgan fingerprint density at radius 2 is 1.89 bits per heavy atom. The fourth-order valence-electron chi connectivity index (χ4n) is 2.10. The second-order valence-electron chi connectivity index (χ2n) is 5.86. The van der Waals surface area contributed by atoms with Gasteiger partial charge in [-0.25, -0.2) is 9.78 Å². The molecule has 2 aromatic rings. The molecule has 2 aromatic heterocycles. The fraction of sp³-hybridized carbons (Fsp3) is 0.500. The van der Waals surface area contributed by atoms with E-state index in [2.05, 4.69) is 20.3 Å². The normalized spacial score (nSPS) is 12.9. The van der Waals surface area contributed by atoms with Gasteiger partial charge in [0.2, 0.25) is 5.91 Å². The third-order valence-electron chi connectivity index (χ3n) is 3.45. The summed E-state index contributed by atoms with van der Waals surface area (Å²) in [5, 5.41) is 10.8. The number of ketones is 1. The number of carboxylic acids is 1. The second kappa shape index (κ2) is 10.7. The summed E-state index contributed by atoms with van der Waals surface area (Å²) < 4.78 is 1.55. The van der Waals surface area contributed by atoms with Gasteiger partial charge in [-0.05, 0) is 19.8 Å². The molecule has 3 rings (SSSR count). The van der Waals surface area contributed by atoms with Crippen molar-refractivity contribution in [3.05, 3.63) is 27.2 Å². The predicted molar refractivity (Wildman–Crippen MR) is 96.4 cm³/mol.